The van der Waals surface area contributed by atoms with E-state index in [2.05, 4.69) is 33.4 Å². The summed E-state index contributed by atoms with van der Waals surface area (Å²) in [5.41, 5.74) is 0. The molecule has 0 saturated heterocycles. The molecule has 0 aliphatic carbocycles. The smallest absolute Gasteiger partial charge is 0.472 e. The van der Waals surface area contributed by atoms with E-state index in [0.29, 0.717) is 12.8 Å². The molecule has 0 aromatic carbocycles. The van der Waals surface area contributed by atoms with Crippen LogP contribution in [0, 0.1) is 0 Å². The molecule has 0 bridgehead atoms. The number of rotatable bonds is 23. The van der Waals surface area contributed by atoms with E-state index in [1.165, 1.54) is 0 Å². The van der Waals surface area contributed by atoms with Crippen molar-refractivity contribution in [3.63, 3.8) is 0 Å². The number of aliphatic hydroxyl groups excluding tert-OH is 1. The minimum absolute atomic E-state index is 0.136. The molecule has 0 fully saturated rings. The second kappa shape index (κ2) is 21.3. The number of hydrogen-bond donors (Lipinski definition) is 4. The van der Waals surface area contributed by atoms with Crippen LogP contribution in [0.2, 0.25) is 0 Å². The summed E-state index contributed by atoms with van der Waals surface area (Å²) in [7, 11) is -4.71. The first-order chi connectivity index (χ1) is 17.1. The molecule has 36 heavy (non-hydrogen) atoms. The fraction of sp³-hybridized carbons (Fsp3) is 0.792. The number of allylic oxidation sites excluding steroid dienone is 2. The molecule has 0 spiro atoms. The highest BCUT2D eigenvalue weighted by molar-refractivity contribution is 7.47. The van der Waals surface area contributed by atoms with Gasteiger partial charge in [0.1, 0.15) is 12.7 Å². The molecule has 210 valence electrons. The Morgan fingerprint density at radius 1 is 0.861 bits per heavy atom. The number of esters is 1. The van der Waals surface area contributed by atoms with Gasteiger partial charge in [0.05, 0.1) is 13.2 Å². The fourth-order valence-electron chi connectivity index (χ4n) is 2.94. The average Bonchev–Trinajstić information content (AvgIpc) is 2.83. The molecular formula is C24H44NO10P. The number of nitrogens with one attached hydrogen (secondary N) is 1. The zero-order valence-corrected chi connectivity index (χ0v) is 22.5. The summed E-state index contributed by atoms with van der Waals surface area (Å²) in [6.45, 7) is 2.15. The molecule has 0 radical (unpaired) electrons. The second-order valence-corrected chi connectivity index (χ2v) is 9.98. The van der Waals surface area contributed by atoms with E-state index >= 15 is 0 Å². The lowest BCUT2D eigenvalue weighted by Crippen LogP contribution is -2.43. The van der Waals surface area contributed by atoms with Crippen molar-refractivity contribution in [3.05, 3.63) is 12.2 Å². The van der Waals surface area contributed by atoms with Gasteiger partial charge in [-0.15, -0.1) is 0 Å². The molecule has 0 aromatic heterocycles. The number of carbonyl (C=O) groups is 3. The lowest BCUT2D eigenvalue weighted by atomic mass is 10.1. The van der Waals surface area contributed by atoms with Crippen LogP contribution in [0.3, 0.4) is 0 Å². The Balaban J connectivity index is 4.17. The maximum Gasteiger partial charge on any atom is 0.472 e. The number of phosphoric acid groups is 1. The second-order valence-electron chi connectivity index (χ2n) is 8.53. The van der Waals surface area contributed by atoms with Gasteiger partial charge in [0.2, 0.25) is 5.91 Å². The molecule has 0 aromatic rings. The Morgan fingerprint density at radius 2 is 1.50 bits per heavy atom. The van der Waals surface area contributed by atoms with Crippen LogP contribution >= 0.6 is 7.82 Å². The van der Waals surface area contributed by atoms with Crippen LogP contribution in [0.5, 0.6) is 0 Å². The van der Waals surface area contributed by atoms with Gasteiger partial charge >= 0.3 is 19.8 Å². The molecular weight excluding hydrogens is 493 g/mol. The van der Waals surface area contributed by atoms with E-state index in [4.69, 9.17) is 4.74 Å². The number of carboxylic acid groups (broad SMARTS) is 1. The predicted octanol–water partition coefficient (Wildman–Crippen LogP) is 3.87. The summed E-state index contributed by atoms with van der Waals surface area (Å²) in [6, 6.07) is -1.54. The van der Waals surface area contributed by atoms with Crippen molar-refractivity contribution in [1.82, 2.24) is 5.32 Å². The highest BCUT2D eigenvalue weighted by Crippen LogP contribution is 2.43. The molecule has 0 saturated carbocycles. The van der Waals surface area contributed by atoms with Crippen LogP contribution in [0.15, 0.2) is 12.2 Å². The van der Waals surface area contributed by atoms with Crippen LogP contribution in [0.25, 0.3) is 0 Å². The largest absolute Gasteiger partial charge is 0.480 e. The van der Waals surface area contributed by atoms with Gasteiger partial charge in [-0.2, -0.15) is 0 Å². The van der Waals surface area contributed by atoms with Crippen molar-refractivity contribution in [1.29, 1.82) is 0 Å². The first-order valence-electron chi connectivity index (χ1n) is 12.7. The minimum Gasteiger partial charge on any atom is -0.480 e. The average molecular weight is 538 g/mol. The third-order valence-electron chi connectivity index (χ3n) is 5.04. The van der Waals surface area contributed by atoms with Crippen LogP contribution < -0.4 is 5.32 Å². The van der Waals surface area contributed by atoms with Crippen LogP contribution in [0.4, 0.5) is 0 Å². The van der Waals surface area contributed by atoms with Crippen molar-refractivity contribution in [2.75, 3.05) is 19.8 Å². The third kappa shape index (κ3) is 20.4. The molecule has 4 N–H and O–H groups in total. The Morgan fingerprint density at radius 3 is 2.17 bits per heavy atom. The number of carboxylic acids is 1. The van der Waals surface area contributed by atoms with Crippen LogP contribution in [-0.4, -0.2) is 64.9 Å². The molecule has 1 amide bonds. The SMILES string of the molecule is CCC/C=C\CCCCCCCC(=O)NC(COP(=O)(O)OCC(O)COC(=O)CCCC)C(=O)O. The summed E-state index contributed by atoms with van der Waals surface area (Å²) in [4.78, 5) is 44.5. The van der Waals surface area contributed by atoms with E-state index in [9.17, 15) is 34.1 Å². The van der Waals surface area contributed by atoms with Gasteiger partial charge in [0, 0.05) is 12.8 Å². The van der Waals surface area contributed by atoms with Crippen LogP contribution in [-0.2, 0) is 32.7 Å². The number of ether oxygens (including phenoxy) is 1. The molecule has 0 aliphatic heterocycles. The molecule has 3 unspecified atom stereocenters. The number of carbonyl (C=O) groups excluding carboxylic acids is 2. The van der Waals surface area contributed by atoms with Crippen molar-refractivity contribution in [2.45, 2.75) is 103 Å². The first-order valence-corrected chi connectivity index (χ1v) is 14.2. The number of hydrogen-bond acceptors (Lipinski definition) is 8. The summed E-state index contributed by atoms with van der Waals surface area (Å²) in [5.74, 6) is -2.43. The zero-order valence-electron chi connectivity index (χ0n) is 21.6. The number of unbranched alkanes of at least 4 members (excludes halogenated alkanes) is 7. The van der Waals surface area contributed by atoms with Crippen molar-refractivity contribution in [2.24, 2.45) is 0 Å². The highest BCUT2D eigenvalue weighted by Gasteiger charge is 2.28. The number of phosphoric ester groups is 1. The highest BCUT2D eigenvalue weighted by atomic mass is 31.2. The minimum atomic E-state index is -4.71. The van der Waals surface area contributed by atoms with Gasteiger partial charge in [-0.3, -0.25) is 18.6 Å². The van der Waals surface area contributed by atoms with E-state index in [1.54, 1.807) is 0 Å². The van der Waals surface area contributed by atoms with Gasteiger partial charge in [0.15, 0.2) is 6.04 Å². The molecule has 3 atom stereocenters. The fourth-order valence-corrected chi connectivity index (χ4v) is 3.71. The van der Waals surface area contributed by atoms with Crippen LogP contribution in [0.1, 0.15) is 90.9 Å². The number of aliphatic hydroxyl groups is 1. The van der Waals surface area contributed by atoms with E-state index in [1.807, 2.05) is 6.92 Å². The van der Waals surface area contributed by atoms with Gasteiger partial charge in [-0.1, -0.05) is 58.1 Å². The first kappa shape index (κ1) is 34.2. The molecule has 11 nitrogen and oxygen atoms in total. The van der Waals surface area contributed by atoms with E-state index < -0.39 is 57.6 Å². The lowest BCUT2D eigenvalue weighted by molar-refractivity contribution is -0.147. The zero-order chi connectivity index (χ0) is 27.2. The summed E-state index contributed by atoms with van der Waals surface area (Å²) in [6.07, 6.45) is 12.7. The quantitative estimate of drug-likeness (QED) is 0.0649. The normalized spacial score (nSPS) is 14.8. The van der Waals surface area contributed by atoms with Gasteiger partial charge in [-0.05, 0) is 32.1 Å². The summed E-state index contributed by atoms with van der Waals surface area (Å²) in [5, 5.41) is 21.3. The Labute approximate surface area is 214 Å². The Kier molecular flexibility index (Phi) is 20.3. The molecule has 0 rings (SSSR count). The number of aliphatic carboxylic acids is 1. The van der Waals surface area contributed by atoms with Crippen molar-refractivity contribution >= 4 is 25.7 Å². The maximum absolute atomic E-state index is 12.0. The van der Waals surface area contributed by atoms with Gasteiger partial charge in [-0.25, -0.2) is 9.36 Å². The summed E-state index contributed by atoms with van der Waals surface area (Å²) >= 11 is 0. The topological polar surface area (TPSA) is 169 Å². The monoisotopic (exact) mass is 537 g/mol. The molecule has 12 heteroatoms. The Hall–Kier alpha value is -1.78. The summed E-state index contributed by atoms with van der Waals surface area (Å²) < 4.78 is 26.1. The van der Waals surface area contributed by atoms with E-state index in [0.717, 1.165) is 51.4 Å². The standard InChI is InChI=1S/C24H44NO10P/c1-3-5-7-8-9-10-11-12-13-14-15-22(27)25-21(24(29)30)19-35-36(31,32)34-18-20(26)17-33-23(28)16-6-4-2/h7-8,20-21,26H,3-6,9-19H2,1-2H3,(H,25,27)(H,29,30)(H,31,32)/b8-7-. The number of amides is 1. The van der Waals surface area contributed by atoms with Gasteiger partial charge in [0.25, 0.3) is 0 Å². The molecule has 0 aliphatic rings. The van der Waals surface area contributed by atoms with E-state index in [-0.39, 0.29) is 12.8 Å². The van der Waals surface area contributed by atoms with Crippen molar-refractivity contribution in [3.8, 4) is 0 Å². The Bertz CT molecular complexity index is 700. The predicted molar refractivity (Wildman–Crippen MR) is 134 cm³/mol. The van der Waals surface area contributed by atoms with Crippen molar-refractivity contribution < 1.29 is 47.8 Å². The van der Waals surface area contributed by atoms with Gasteiger partial charge < -0.3 is 25.2 Å². The lowest BCUT2D eigenvalue weighted by Gasteiger charge is -2.18. The maximum atomic E-state index is 12.0. The molecule has 0 heterocycles. The third-order valence-corrected chi connectivity index (χ3v) is 5.99.